The van der Waals surface area contributed by atoms with Gasteiger partial charge in [-0.05, 0) is 0 Å². The van der Waals surface area contributed by atoms with Crippen LogP contribution < -0.4 is 0 Å². The van der Waals surface area contributed by atoms with Crippen molar-refractivity contribution in [1.82, 2.24) is 0 Å². The van der Waals surface area contributed by atoms with E-state index < -0.39 is 79.4 Å². The normalized spacial score (nSPS) is 31.6. The summed E-state index contributed by atoms with van der Waals surface area (Å²) < 4.78 is 11.5. The second-order valence-corrected chi connectivity index (χ2v) is 67.7. The molecule has 0 atom stereocenters. The van der Waals surface area contributed by atoms with Crippen LogP contribution >= 0.6 is 0 Å². The van der Waals surface area contributed by atoms with Crippen molar-refractivity contribution in [3.63, 3.8) is 0 Å². The quantitative estimate of drug-likeness (QED) is 0.208. The molecule has 0 saturated carbocycles. The van der Waals surface area contributed by atoms with E-state index in [4.69, 9.17) is 0 Å². The summed E-state index contributed by atoms with van der Waals surface area (Å²) in [5.41, 5.74) is 16.2. The fraction of sp³-hybridized carbons (Fsp3) is 0.714. The molecule has 0 unspecified atom stereocenters. The first-order valence-electron chi connectivity index (χ1n) is 10.4. The van der Waals surface area contributed by atoms with Crippen LogP contribution in [0.3, 0.4) is 0 Å². The molecule has 0 aromatic heterocycles. The van der Waals surface area contributed by atoms with Gasteiger partial charge >= 0.3 is 189 Å². The molecule has 1 fully saturated rings. The van der Waals surface area contributed by atoms with E-state index in [1.54, 1.807) is 0 Å². The van der Waals surface area contributed by atoms with Gasteiger partial charge in [0.05, 0.1) is 0 Å². The Bertz CT molecular complexity index is 637. The second kappa shape index (κ2) is 9.07. The first-order valence-corrected chi connectivity index (χ1v) is 49.1. The van der Waals surface area contributed by atoms with E-state index in [0.29, 0.717) is 0 Å². The van der Waals surface area contributed by atoms with Crippen molar-refractivity contribution in [2.75, 3.05) is 0 Å². The Morgan fingerprint density at radius 1 is 0.444 bits per heavy atom. The molecule has 0 radical (unpaired) electrons. The van der Waals surface area contributed by atoms with E-state index in [9.17, 15) is 0 Å². The molecular weight excluding hydrogens is 693 g/mol. The van der Waals surface area contributed by atoms with E-state index in [0.717, 1.165) is 0 Å². The molecule has 6 heteroatoms. The van der Waals surface area contributed by atoms with E-state index >= 15 is 0 Å². The van der Waals surface area contributed by atoms with Crippen molar-refractivity contribution in [3.8, 4) is 28.4 Å². The molecule has 1 rings (SSSR count). The number of hydrogen-bond acceptors (Lipinski definition) is 0. The molecule has 0 aromatic rings. The molecule has 1 aliphatic heterocycles. The van der Waals surface area contributed by atoms with E-state index in [1.165, 1.54) is 17.0 Å². The second-order valence-electron chi connectivity index (χ2n) is 12.7. The molecule has 0 nitrogen and oxygen atoms in total. The minimum atomic E-state index is -2.05. The molecule has 1 aliphatic rings. The Kier molecular flexibility index (Phi) is 8.99. The van der Waals surface area contributed by atoms with Gasteiger partial charge in [-0.15, -0.1) is 0 Å². The Hall–Kier alpha value is 1.73. The van der Waals surface area contributed by atoms with Crippen LogP contribution in [-0.4, -0.2) is 79.4 Å². The third kappa shape index (κ3) is 11.1. The van der Waals surface area contributed by atoms with Crippen LogP contribution in [0.25, 0.3) is 0 Å². The summed E-state index contributed by atoms with van der Waals surface area (Å²) in [6, 6.07) is 0. The maximum atomic E-state index is 3.99. The monoisotopic (exact) mass is 738 g/mol. The fourth-order valence-corrected chi connectivity index (χ4v) is 51.1. The average molecular weight is 735 g/mol. The molecule has 0 bridgehead atoms. The summed E-state index contributed by atoms with van der Waals surface area (Å²) in [7, 11) is -4.66. The standard InChI is InChI=1S/C12H15Si3.9CH3.3Sn/c1-7-13(4)10-14(5,8-2)12-15(6,9-3)11-13;;;;;;;;;;;;/h10-12H2,4-6H3;9*1H3;;;. The van der Waals surface area contributed by atoms with Gasteiger partial charge in [0.1, 0.15) is 0 Å². The summed E-state index contributed by atoms with van der Waals surface area (Å²) in [5.74, 6) is 0. The first kappa shape index (κ1) is 26.8. The van der Waals surface area contributed by atoms with Crippen molar-refractivity contribution >= 4 is 79.4 Å². The summed E-state index contributed by atoms with van der Waals surface area (Å²) in [5, 5.41) is 0. The average Bonchev–Trinajstić information content (AvgIpc) is 2.38. The summed E-state index contributed by atoms with van der Waals surface area (Å²) in [6.45, 7) is 7.78. The predicted octanol–water partition coefficient (Wildman–Crippen LogP) is 6.11. The third-order valence-corrected chi connectivity index (χ3v) is 35.1. The fourth-order valence-electron chi connectivity index (χ4n) is 4.05. The van der Waals surface area contributed by atoms with Crippen molar-refractivity contribution < 1.29 is 0 Å². The zero-order valence-electron chi connectivity index (χ0n) is 20.1. The zero-order chi connectivity index (χ0) is 21.4. The molecule has 27 heavy (non-hydrogen) atoms. The molecule has 1 saturated heterocycles. The summed E-state index contributed by atoms with van der Waals surface area (Å²) in [4.78, 5) is 22.1. The predicted molar refractivity (Wildman–Crippen MR) is 143 cm³/mol. The Balaban J connectivity index is 3.44. The summed E-state index contributed by atoms with van der Waals surface area (Å²) in [6.07, 6.45) is 0. The molecule has 0 spiro atoms. The van der Waals surface area contributed by atoms with Gasteiger partial charge in [0.15, 0.2) is 0 Å². The molecule has 0 aromatic carbocycles. The topological polar surface area (TPSA) is 0 Å². The van der Waals surface area contributed by atoms with E-state index in [2.05, 4.69) is 92.5 Å². The van der Waals surface area contributed by atoms with Crippen LogP contribution in [0.5, 0.6) is 0 Å². The van der Waals surface area contributed by atoms with Crippen molar-refractivity contribution in [3.05, 3.63) is 0 Å². The Morgan fingerprint density at radius 3 is 0.778 bits per heavy atom. The van der Waals surface area contributed by atoms with Gasteiger partial charge in [-0.2, -0.15) is 0 Å². The van der Waals surface area contributed by atoms with Gasteiger partial charge < -0.3 is 0 Å². The molecule has 0 aliphatic carbocycles. The van der Waals surface area contributed by atoms with Gasteiger partial charge in [0.2, 0.25) is 0 Å². The summed E-state index contributed by atoms with van der Waals surface area (Å²) >= 11 is -6.16. The van der Waals surface area contributed by atoms with Crippen LogP contribution in [0.4, 0.5) is 0 Å². The van der Waals surface area contributed by atoms with Crippen LogP contribution in [0.2, 0.25) is 81.1 Å². The Morgan fingerprint density at radius 2 is 0.630 bits per heavy atom. The van der Waals surface area contributed by atoms with Crippen LogP contribution in [-0.2, 0) is 0 Å². The Labute approximate surface area is 186 Å². The molecular formula is C21H42Si3Sn3. The molecule has 1 heterocycles. The van der Waals surface area contributed by atoms with E-state index in [-0.39, 0.29) is 0 Å². The zero-order valence-corrected chi connectivity index (χ0v) is 31.7. The SMILES string of the molecule is C[Si]1(C#[C][Sn]([CH3])([CH3])[CH3])C[Si](C)(C#[C][Sn]([CH3])([CH3])[CH3])C[Si](C)(C#[C][Sn]([CH3])([CH3])[CH3])C1. The van der Waals surface area contributed by atoms with Crippen LogP contribution in [0, 0.1) is 28.4 Å². The van der Waals surface area contributed by atoms with Crippen molar-refractivity contribution in [2.24, 2.45) is 0 Å². The maximum absolute atomic E-state index is 3.99. The van der Waals surface area contributed by atoms with Gasteiger partial charge in [-0.1, -0.05) is 0 Å². The van der Waals surface area contributed by atoms with Crippen molar-refractivity contribution in [1.29, 1.82) is 0 Å². The van der Waals surface area contributed by atoms with Gasteiger partial charge in [-0.3, -0.25) is 0 Å². The molecule has 0 amide bonds. The van der Waals surface area contributed by atoms with Gasteiger partial charge in [0, 0.05) is 0 Å². The minimum absolute atomic E-state index is 1.41. The first-order chi connectivity index (χ1) is 11.7. The molecule has 0 N–H and O–H groups in total. The van der Waals surface area contributed by atoms with Crippen LogP contribution in [0.15, 0.2) is 0 Å². The molecule has 150 valence electrons. The van der Waals surface area contributed by atoms with Gasteiger partial charge in [-0.25, -0.2) is 0 Å². The van der Waals surface area contributed by atoms with E-state index in [1.807, 2.05) is 0 Å². The third-order valence-electron chi connectivity index (χ3n) is 4.56. The van der Waals surface area contributed by atoms with Crippen LogP contribution in [0.1, 0.15) is 0 Å². The number of rotatable bonds is 0. The van der Waals surface area contributed by atoms with Crippen molar-refractivity contribution in [2.45, 2.75) is 81.1 Å². The van der Waals surface area contributed by atoms with Gasteiger partial charge in [0.25, 0.3) is 0 Å². The number of hydrogen-bond donors (Lipinski definition) is 0.